The summed E-state index contributed by atoms with van der Waals surface area (Å²) in [4.78, 5) is 4.15. The van der Waals surface area contributed by atoms with Crippen molar-refractivity contribution in [2.75, 3.05) is 19.8 Å². The smallest absolute Gasteiger partial charge is 0.144 e. The lowest BCUT2D eigenvalue weighted by atomic mass is 10.4. The molecule has 1 rings (SSSR count). The molecule has 0 bridgehead atoms. The lowest BCUT2D eigenvalue weighted by Gasteiger charge is -1.94. The van der Waals surface area contributed by atoms with E-state index in [0.717, 1.165) is 18.1 Å². The van der Waals surface area contributed by atoms with Crippen LogP contribution in [0, 0.1) is 6.92 Å². The summed E-state index contributed by atoms with van der Waals surface area (Å²) in [7, 11) is 0. The molecule has 0 saturated carbocycles. The molecule has 1 heterocycles. The fraction of sp³-hybridized carbons (Fsp3) is 0.500. The summed E-state index contributed by atoms with van der Waals surface area (Å²) in [5, 5.41) is 0. The predicted octanol–water partition coefficient (Wildman–Crippen LogP) is 2.04. The average Bonchev–Trinajstić information content (AvgIpc) is 2.51. The molecule has 3 heteroatoms. The molecule has 0 aromatic carbocycles. The van der Waals surface area contributed by atoms with E-state index < -0.39 is 0 Å². The van der Waals surface area contributed by atoms with Crippen LogP contribution in [-0.4, -0.2) is 26.0 Å². The van der Waals surface area contributed by atoms with E-state index in [2.05, 4.69) is 4.99 Å². The van der Waals surface area contributed by atoms with Crippen LogP contribution in [0.4, 0.5) is 0 Å². The summed E-state index contributed by atoms with van der Waals surface area (Å²) in [5.41, 5.74) is 0. The fourth-order valence-corrected chi connectivity index (χ4v) is 0.939. The van der Waals surface area contributed by atoms with E-state index in [9.17, 15) is 0 Å². The van der Waals surface area contributed by atoms with Crippen molar-refractivity contribution in [3.8, 4) is 0 Å². The Kier molecular flexibility index (Phi) is 4.26. The third kappa shape index (κ3) is 3.90. The summed E-state index contributed by atoms with van der Waals surface area (Å²) in [6, 6.07) is 3.82. The van der Waals surface area contributed by atoms with E-state index in [1.54, 1.807) is 6.21 Å². The third-order valence-electron chi connectivity index (χ3n) is 1.55. The van der Waals surface area contributed by atoms with Crippen LogP contribution in [0.25, 0.3) is 0 Å². The second-order valence-electron chi connectivity index (χ2n) is 2.68. The summed E-state index contributed by atoms with van der Waals surface area (Å²) in [5.74, 6) is 1.71. The van der Waals surface area contributed by atoms with Crippen LogP contribution < -0.4 is 0 Å². The van der Waals surface area contributed by atoms with Gasteiger partial charge < -0.3 is 9.15 Å². The maximum atomic E-state index is 5.30. The van der Waals surface area contributed by atoms with Gasteiger partial charge in [-0.3, -0.25) is 4.99 Å². The normalized spacial score (nSPS) is 11.2. The van der Waals surface area contributed by atoms with Crippen molar-refractivity contribution in [3.63, 3.8) is 0 Å². The highest BCUT2D eigenvalue weighted by molar-refractivity contribution is 5.75. The third-order valence-corrected chi connectivity index (χ3v) is 1.55. The van der Waals surface area contributed by atoms with Gasteiger partial charge in [0.05, 0.1) is 19.4 Å². The van der Waals surface area contributed by atoms with Crippen molar-refractivity contribution in [2.24, 2.45) is 4.99 Å². The van der Waals surface area contributed by atoms with Crippen molar-refractivity contribution < 1.29 is 9.15 Å². The minimum atomic E-state index is 0.673. The van der Waals surface area contributed by atoms with Crippen molar-refractivity contribution in [2.45, 2.75) is 13.8 Å². The Balaban J connectivity index is 2.24. The molecule has 0 atom stereocenters. The van der Waals surface area contributed by atoms with E-state index >= 15 is 0 Å². The molecule has 1 aromatic rings. The maximum Gasteiger partial charge on any atom is 0.144 e. The van der Waals surface area contributed by atoms with Gasteiger partial charge in [0.2, 0.25) is 0 Å². The van der Waals surface area contributed by atoms with Gasteiger partial charge in [0.15, 0.2) is 0 Å². The average molecular weight is 181 g/mol. The zero-order valence-corrected chi connectivity index (χ0v) is 8.12. The molecule has 0 radical (unpaired) electrons. The van der Waals surface area contributed by atoms with Gasteiger partial charge in [-0.15, -0.1) is 0 Å². The van der Waals surface area contributed by atoms with Gasteiger partial charge in [0, 0.05) is 6.61 Å². The molecule has 0 aliphatic carbocycles. The number of ether oxygens (including phenoxy) is 1. The molecule has 0 spiro atoms. The molecular formula is C10H15NO2. The Bertz CT molecular complexity index is 266. The Morgan fingerprint density at radius 3 is 3.00 bits per heavy atom. The van der Waals surface area contributed by atoms with E-state index in [0.29, 0.717) is 13.2 Å². The van der Waals surface area contributed by atoms with Crippen LogP contribution in [0.3, 0.4) is 0 Å². The van der Waals surface area contributed by atoms with Crippen molar-refractivity contribution in [1.82, 2.24) is 0 Å². The van der Waals surface area contributed by atoms with Crippen LogP contribution in [0.5, 0.6) is 0 Å². The number of aryl methyl sites for hydroxylation is 1. The SMILES string of the molecule is CCOCCN=Cc1ccc(C)o1. The van der Waals surface area contributed by atoms with Gasteiger partial charge in [-0.05, 0) is 26.0 Å². The second kappa shape index (κ2) is 5.54. The van der Waals surface area contributed by atoms with Crippen LogP contribution in [0.1, 0.15) is 18.4 Å². The van der Waals surface area contributed by atoms with Gasteiger partial charge in [-0.1, -0.05) is 0 Å². The fourth-order valence-electron chi connectivity index (χ4n) is 0.939. The molecule has 13 heavy (non-hydrogen) atoms. The van der Waals surface area contributed by atoms with Gasteiger partial charge in [0.25, 0.3) is 0 Å². The number of nitrogens with zero attached hydrogens (tertiary/aromatic N) is 1. The lowest BCUT2D eigenvalue weighted by Crippen LogP contribution is -1.96. The molecule has 0 fully saturated rings. The maximum absolute atomic E-state index is 5.30. The topological polar surface area (TPSA) is 34.7 Å². The van der Waals surface area contributed by atoms with Crippen LogP contribution in [-0.2, 0) is 4.74 Å². The monoisotopic (exact) mass is 181 g/mol. The molecule has 1 aromatic heterocycles. The first-order chi connectivity index (χ1) is 6.33. The Morgan fingerprint density at radius 1 is 1.54 bits per heavy atom. The van der Waals surface area contributed by atoms with Gasteiger partial charge in [-0.25, -0.2) is 0 Å². The number of furan rings is 1. The molecule has 3 nitrogen and oxygen atoms in total. The molecular weight excluding hydrogens is 166 g/mol. The molecule has 0 saturated heterocycles. The molecule has 0 amide bonds. The zero-order chi connectivity index (χ0) is 9.52. The van der Waals surface area contributed by atoms with E-state index in [4.69, 9.17) is 9.15 Å². The summed E-state index contributed by atoms with van der Waals surface area (Å²) in [6.07, 6.45) is 1.73. The molecule has 0 aliphatic rings. The lowest BCUT2D eigenvalue weighted by molar-refractivity contribution is 0.156. The standard InChI is InChI=1S/C10H15NO2/c1-3-12-7-6-11-8-10-5-4-9(2)13-10/h4-5,8H,3,6-7H2,1-2H3. The van der Waals surface area contributed by atoms with Gasteiger partial charge in [-0.2, -0.15) is 0 Å². The van der Waals surface area contributed by atoms with Crippen molar-refractivity contribution in [1.29, 1.82) is 0 Å². The molecule has 0 N–H and O–H groups in total. The molecule has 0 aliphatic heterocycles. The van der Waals surface area contributed by atoms with Crippen molar-refractivity contribution >= 4 is 6.21 Å². The van der Waals surface area contributed by atoms with Crippen LogP contribution in [0.15, 0.2) is 21.5 Å². The zero-order valence-electron chi connectivity index (χ0n) is 8.12. The summed E-state index contributed by atoms with van der Waals surface area (Å²) >= 11 is 0. The minimum absolute atomic E-state index is 0.673. The second-order valence-corrected chi connectivity index (χ2v) is 2.68. The largest absolute Gasteiger partial charge is 0.460 e. The highest BCUT2D eigenvalue weighted by atomic mass is 16.5. The van der Waals surface area contributed by atoms with E-state index in [1.165, 1.54) is 0 Å². The number of hydrogen-bond donors (Lipinski definition) is 0. The molecule has 72 valence electrons. The van der Waals surface area contributed by atoms with Gasteiger partial charge in [0.1, 0.15) is 11.5 Å². The quantitative estimate of drug-likeness (QED) is 0.514. The number of hydrogen-bond acceptors (Lipinski definition) is 3. The first-order valence-corrected chi connectivity index (χ1v) is 4.47. The Hall–Kier alpha value is -1.09. The summed E-state index contributed by atoms with van der Waals surface area (Å²) < 4.78 is 10.4. The predicted molar refractivity (Wildman–Crippen MR) is 52.4 cm³/mol. The van der Waals surface area contributed by atoms with Crippen molar-refractivity contribution in [3.05, 3.63) is 23.7 Å². The van der Waals surface area contributed by atoms with E-state index in [-0.39, 0.29) is 0 Å². The summed E-state index contributed by atoms with van der Waals surface area (Å²) in [6.45, 7) is 5.99. The molecule has 0 unspecified atom stereocenters. The minimum Gasteiger partial charge on any atom is -0.460 e. The number of rotatable bonds is 5. The van der Waals surface area contributed by atoms with Crippen LogP contribution in [0.2, 0.25) is 0 Å². The Labute approximate surface area is 78.4 Å². The highest BCUT2D eigenvalue weighted by Gasteiger charge is 1.92. The Morgan fingerprint density at radius 2 is 2.38 bits per heavy atom. The highest BCUT2D eigenvalue weighted by Crippen LogP contribution is 2.02. The first kappa shape index (κ1) is 9.99. The van der Waals surface area contributed by atoms with Crippen LogP contribution >= 0.6 is 0 Å². The van der Waals surface area contributed by atoms with Gasteiger partial charge >= 0.3 is 0 Å². The first-order valence-electron chi connectivity index (χ1n) is 4.47. The number of aliphatic imine (C=N–C) groups is 1. The van der Waals surface area contributed by atoms with E-state index in [1.807, 2.05) is 26.0 Å².